The average molecular weight is 351 g/mol. The number of aliphatic hydroxyl groups is 1. The van der Waals surface area contributed by atoms with Gasteiger partial charge in [0, 0.05) is 6.26 Å². The maximum atomic E-state index is 11.7. The Morgan fingerprint density at radius 3 is 2.62 bits per heavy atom. The van der Waals surface area contributed by atoms with E-state index >= 15 is 0 Å². The van der Waals surface area contributed by atoms with Crippen LogP contribution in [-0.4, -0.2) is 31.1 Å². The van der Waals surface area contributed by atoms with Gasteiger partial charge in [-0.2, -0.15) is 0 Å². The van der Waals surface area contributed by atoms with E-state index in [9.17, 15) is 13.5 Å². The summed E-state index contributed by atoms with van der Waals surface area (Å²) in [6, 6.07) is 5.31. The van der Waals surface area contributed by atoms with Crippen LogP contribution in [0.2, 0.25) is 10.0 Å². The number of rotatable bonds is 4. The fourth-order valence-corrected chi connectivity index (χ4v) is 4.51. The molecule has 0 saturated heterocycles. The fraction of sp³-hybridized carbons (Fsp3) is 0.600. The second-order valence-corrected chi connectivity index (χ2v) is 9.04. The van der Waals surface area contributed by atoms with Gasteiger partial charge in [-0.1, -0.05) is 35.7 Å². The van der Waals surface area contributed by atoms with Crippen LogP contribution in [0.15, 0.2) is 18.2 Å². The van der Waals surface area contributed by atoms with E-state index in [0.717, 1.165) is 18.4 Å². The van der Waals surface area contributed by atoms with Crippen molar-refractivity contribution in [1.29, 1.82) is 0 Å². The van der Waals surface area contributed by atoms with Crippen molar-refractivity contribution in [2.45, 2.75) is 43.5 Å². The molecule has 1 aromatic rings. The summed E-state index contributed by atoms with van der Waals surface area (Å²) in [5.41, 5.74) is 0.915. The summed E-state index contributed by atoms with van der Waals surface area (Å²) in [6.07, 6.45) is 4.17. The van der Waals surface area contributed by atoms with Crippen molar-refractivity contribution in [2.75, 3.05) is 6.26 Å². The first kappa shape index (κ1) is 17.1. The number of halogens is 2. The zero-order valence-electron chi connectivity index (χ0n) is 11.9. The van der Waals surface area contributed by atoms with E-state index in [2.05, 4.69) is 0 Å². The number of hydrogen-bond acceptors (Lipinski definition) is 3. The number of hydrogen-bond donors (Lipinski definition) is 1. The molecular weight excluding hydrogens is 331 g/mol. The highest BCUT2D eigenvalue weighted by atomic mass is 35.5. The van der Waals surface area contributed by atoms with Crippen molar-refractivity contribution in [2.24, 2.45) is 5.92 Å². The van der Waals surface area contributed by atoms with E-state index < -0.39 is 15.9 Å². The molecule has 3 unspecified atom stereocenters. The van der Waals surface area contributed by atoms with Gasteiger partial charge < -0.3 is 5.11 Å². The lowest BCUT2D eigenvalue weighted by atomic mass is 9.83. The molecule has 1 saturated carbocycles. The van der Waals surface area contributed by atoms with Gasteiger partial charge >= 0.3 is 0 Å². The molecule has 6 heteroatoms. The highest BCUT2D eigenvalue weighted by Gasteiger charge is 2.32. The van der Waals surface area contributed by atoms with Crippen LogP contribution in [-0.2, 0) is 16.3 Å². The van der Waals surface area contributed by atoms with Crippen molar-refractivity contribution in [3.05, 3.63) is 33.8 Å². The fourth-order valence-electron chi connectivity index (χ4n) is 2.99. The zero-order chi connectivity index (χ0) is 15.6. The van der Waals surface area contributed by atoms with Crippen LogP contribution in [0, 0.1) is 5.92 Å². The van der Waals surface area contributed by atoms with Gasteiger partial charge in [0.15, 0.2) is 0 Å². The summed E-state index contributed by atoms with van der Waals surface area (Å²) < 4.78 is 23.4. The molecule has 0 bridgehead atoms. The molecule has 0 heterocycles. The summed E-state index contributed by atoms with van der Waals surface area (Å²) in [5.74, 6) is 0.0212. The van der Waals surface area contributed by atoms with Crippen LogP contribution in [0.4, 0.5) is 0 Å². The van der Waals surface area contributed by atoms with Gasteiger partial charge in [-0.05, 0) is 49.3 Å². The largest absolute Gasteiger partial charge is 0.392 e. The molecule has 2 rings (SSSR count). The second kappa shape index (κ2) is 6.86. The van der Waals surface area contributed by atoms with E-state index in [1.807, 2.05) is 6.07 Å². The lowest BCUT2D eigenvalue weighted by Crippen LogP contribution is -2.34. The minimum atomic E-state index is -3.03. The Bertz CT molecular complexity index is 601. The predicted molar refractivity (Wildman–Crippen MR) is 86.8 cm³/mol. The Hall–Kier alpha value is -0.290. The molecule has 0 aliphatic heterocycles. The Labute approximate surface area is 136 Å². The van der Waals surface area contributed by atoms with Crippen molar-refractivity contribution < 1.29 is 13.5 Å². The monoisotopic (exact) mass is 350 g/mol. The summed E-state index contributed by atoms with van der Waals surface area (Å²) in [6.45, 7) is 0. The summed E-state index contributed by atoms with van der Waals surface area (Å²) in [4.78, 5) is 0. The lowest BCUT2D eigenvalue weighted by Gasteiger charge is -2.31. The quantitative estimate of drug-likeness (QED) is 0.903. The average Bonchev–Trinajstić information content (AvgIpc) is 2.42. The predicted octanol–water partition coefficient (Wildman–Crippen LogP) is 3.50. The molecule has 0 aromatic heterocycles. The van der Waals surface area contributed by atoms with Gasteiger partial charge in [0.25, 0.3) is 0 Å². The third kappa shape index (κ3) is 4.59. The van der Waals surface area contributed by atoms with E-state index in [0.29, 0.717) is 29.3 Å². The summed E-state index contributed by atoms with van der Waals surface area (Å²) >= 11 is 11.8. The molecule has 21 heavy (non-hydrogen) atoms. The van der Waals surface area contributed by atoms with E-state index in [1.165, 1.54) is 6.26 Å². The van der Waals surface area contributed by atoms with Crippen LogP contribution in [0.5, 0.6) is 0 Å². The van der Waals surface area contributed by atoms with Crippen molar-refractivity contribution in [1.82, 2.24) is 0 Å². The standard InChI is InChI=1S/C15H20Cl2O3S/c1-21(19,20)12-4-2-3-11(9-12)15(18)8-10-5-6-13(16)14(17)7-10/h5-7,11-12,15,18H,2-4,8-9H2,1H3. The molecule has 1 aromatic carbocycles. The topological polar surface area (TPSA) is 54.4 Å². The molecule has 3 atom stereocenters. The number of benzene rings is 1. The Kier molecular flexibility index (Phi) is 5.58. The molecule has 1 N–H and O–H groups in total. The Morgan fingerprint density at radius 1 is 1.29 bits per heavy atom. The van der Waals surface area contributed by atoms with Gasteiger partial charge in [-0.15, -0.1) is 0 Å². The van der Waals surface area contributed by atoms with Crippen LogP contribution in [0.25, 0.3) is 0 Å². The van der Waals surface area contributed by atoms with Crippen LogP contribution in [0.3, 0.4) is 0 Å². The smallest absolute Gasteiger partial charge is 0.150 e. The van der Waals surface area contributed by atoms with E-state index in [-0.39, 0.29) is 11.2 Å². The van der Waals surface area contributed by atoms with Gasteiger partial charge in [0.05, 0.1) is 21.4 Å². The van der Waals surface area contributed by atoms with Crippen LogP contribution < -0.4 is 0 Å². The van der Waals surface area contributed by atoms with E-state index in [4.69, 9.17) is 23.2 Å². The summed E-state index contributed by atoms with van der Waals surface area (Å²) in [7, 11) is -3.03. The van der Waals surface area contributed by atoms with Crippen LogP contribution >= 0.6 is 23.2 Å². The third-order valence-electron chi connectivity index (χ3n) is 4.25. The van der Waals surface area contributed by atoms with Crippen LogP contribution in [0.1, 0.15) is 31.2 Å². The molecule has 3 nitrogen and oxygen atoms in total. The Balaban J connectivity index is 2.02. The van der Waals surface area contributed by atoms with Gasteiger partial charge in [0.1, 0.15) is 9.84 Å². The molecule has 0 amide bonds. The minimum Gasteiger partial charge on any atom is -0.392 e. The van der Waals surface area contributed by atoms with E-state index in [1.54, 1.807) is 12.1 Å². The first-order chi connectivity index (χ1) is 9.77. The summed E-state index contributed by atoms with van der Waals surface area (Å²) in [5, 5.41) is 11.0. The van der Waals surface area contributed by atoms with Crippen molar-refractivity contribution in [3.8, 4) is 0 Å². The third-order valence-corrected chi connectivity index (χ3v) is 6.62. The van der Waals surface area contributed by atoms with Gasteiger partial charge in [0.2, 0.25) is 0 Å². The highest BCUT2D eigenvalue weighted by molar-refractivity contribution is 7.91. The molecule has 0 spiro atoms. The maximum absolute atomic E-state index is 11.7. The molecule has 118 valence electrons. The zero-order valence-corrected chi connectivity index (χ0v) is 14.3. The normalized spacial score (nSPS) is 24.8. The second-order valence-electron chi connectivity index (χ2n) is 5.90. The minimum absolute atomic E-state index is 0.0212. The molecule has 1 aliphatic carbocycles. The van der Waals surface area contributed by atoms with Gasteiger partial charge in [-0.25, -0.2) is 8.42 Å². The maximum Gasteiger partial charge on any atom is 0.150 e. The molecular formula is C15H20Cl2O3S. The lowest BCUT2D eigenvalue weighted by molar-refractivity contribution is 0.0859. The molecule has 0 radical (unpaired) electrons. The molecule has 1 aliphatic rings. The SMILES string of the molecule is CS(=O)(=O)C1CCCC(C(O)Cc2ccc(Cl)c(Cl)c2)C1. The first-order valence-electron chi connectivity index (χ1n) is 7.08. The van der Waals surface area contributed by atoms with Crippen molar-refractivity contribution >= 4 is 33.0 Å². The number of sulfone groups is 1. The van der Waals surface area contributed by atoms with Crippen molar-refractivity contribution in [3.63, 3.8) is 0 Å². The van der Waals surface area contributed by atoms with Gasteiger partial charge in [-0.3, -0.25) is 0 Å². The number of aliphatic hydroxyl groups excluding tert-OH is 1. The molecule has 1 fully saturated rings. The highest BCUT2D eigenvalue weighted by Crippen LogP contribution is 2.32. The first-order valence-corrected chi connectivity index (χ1v) is 9.79. The Morgan fingerprint density at radius 2 is 2.00 bits per heavy atom.